The summed E-state index contributed by atoms with van der Waals surface area (Å²) in [4.78, 5) is 49.9. The van der Waals surface area contributed by atoms with Gasteiger partial charge in [-0.05, 0) is 50.4 Å². The molecule has 21 heteroatoms. The van der Waals surface area contributed by atoms with Crippen molar-refractivity contribution in [1.29, 1.82) is 0 Å². The lowest BCUT2D eigenvalue weighted by Crippen LogP contribution is -2.49. The first-order chi connectivity index (χ1) is 30.3. The molecule has 0 radical (unpaired) electrons. The molecule has 0 bridgehead atoms. The van der Waals surface area contributed by atoms with Gasteiger partial charge in [-0.1, -0.05) is 55.0 Å². The van der Waals surface area contributed by atoms with E-state index in [1.165, 1.54) is 10.6 Å². The Morgan fingerprint density at radius 2 is 1.86 bits per heavy atom. The summed E-state index contributed by atoms with van der Waals surface area (Å²) < 4.78 is 16.9. The van der Waals surface area contributed by atoms with Crippen molar-refractivity contribution in [3.63, 3.8) is 0 Å². The van der Waals surface area contributed by atoms with Crippen LogP contribution in [0.5, 0.6) is 0 Å². The van der Waals surface area contributed by atoms with Gasteiger partial charge in [0.05, 0.1) is 56.8 Å². The fourth-order valence-electron chi connectivity index (χ4n) is 7.50. The minimum atomic E-state index is -1.72. The molecule has 0 aliphatic carbocycles. The fraction of sp³-hybridized carbons (Fsp3) is 0.619. The lowest BCUT2D eigenvalue weighted by molar-refractivity contribution is -0.119. The fourth-order valence-corrected chi connectivity index (χ4v) is 7.67. The standard InChI is InChI=1S/C42H61ClN10O10/c1-4-6-8-9-14-49(26-33(55)36(57)37(58)34(56)27-54)24-31-25-51(47-46-31)17-18-62-19-20-63-40(60)32-21-29(43)13-12-28(32)22-53-39(59)35-38(48(3)42(53)61)45-41(52(35)16-7-5-2)50-15-10-11-30(44)23-50/h12-13,21,25,30,33-34,36-37,54-58H,4,6,8-11,14-20,22-24,26-27,44H2,1-3H3/t30-,33+,34-,36-,37-/m1/s1. The second kappa shape index (κ2) is 23.8. The Hall–Kier alpha value is -4.69. The quantitative estimate of drug-likeness (QED) is 0.0303. The third-order valence-electron chi connectivity index (χ3n) is 11.0. The van der Waals surface area contributed by atoms with Crippen LogP contribution < -0.4 is 21.9 Å². The molecule has 1 aliphatic rings. The number of imidazole rings is 1. The molecular formula is C42H61ClN10O10. The topological polar surface area (TPSA) is 262 Å². The number of esters is 1. The first-order valence-electron chi connectivity index (χ1n) is 21.4. The summed E-state index contributed by atoms with van der Waals surface area (Å²) >= 11 is 6.30. The van der Waals surface area contributed by atoms with Crippen molar-refractivity contribution in [2.24, 2.45) is 12.8 Å². The average Bonchev–Trinajstić information content (AvgIpc) is 3.90. The second-order valence-corrected chi connectivity index (χ2v) is 16.2. The van der Waals surface area contributed by atoms with Crippen molar-refractivity contribution in [3.05, 3.63) is 67.1 Å². The molecule has 4 aromatic rings. The summed E-state index contributed by atoms with van der Waals surface area (Å²) in [6, 6.07) is 4.51. The van der Waals surface area contributed by atoms with Crippen LogP contribution in [0.25, 0.3) is 11.2 Å². The predicted molar refractivity (Wildman–Crippen MR) is 234 cm³/mol. The normalized spacial score (nSPS) is 16.2. The summed E-state index contributed by atoms with van der Waals surface area (Å²) in [6.07, 6.45) is 0.964. The number of aliphatic hydroxyl groups excluding tert-OH is 5. The molecule has 7 N–H and O–H groups in total. The number of rotatable bonds is 24. The Balaban J connectivity index is 1.18. The van der Waals surface area contributed by atoms with Gasteiger partial charge in [0.25, 0.3) is 5.56 Å². The smallest absolute Gasteiger partial charge is 0.338 e. The van der Waals surface area contributed by atoms with E-state index in [4.69, 9.17) is 36.9 Å². The molecule has 0 spiro atoms. The van der Waals surface area contributed by atoms with Crippen molar-refractivity contribution >= 4 is 34.7 Å². The first kappa shape index (κ1) is 49.3. The minimum Gasteiger partial charge on any atom is -0.460 e. The Kier molecular flexibility index (Phi) is 18.7. The Morgan fingerprint density at radius 1 is 1.08 bits per heavy atom. The SMILES string of the molecule is CC#CCn1c(N2CCC[C@@H](N)C2)nc2c1c(=O)n(Cc1ccc(Cl)cc1C(=O)OCCOCCn1cc(CN(CCCCCC)C[C@H](O)[C@@H](O)[C@H](O)[C@H](O)CO)nn1)c(=O)n2C. The van der Waals surface area contributed by atoms with Gasteiger partial charge < -0.3 is 45.6 Å². The number of ether oxygens (including phenoxy) is 2. The Bertz CT molecular complexity index is 2300. The van der Waals surface area contributed by atoms with Crippen LogP contribution in [0.4, 0.5) is 5.95 Å². The number of carbonyl (C=O) groups excluding carboxylic acids is 1. The number of benzene rings is 1. The van der Waals surface area contributed by atoms with Crippen LogP contribution in [0.1, 0.15) is 74.0 Å². The number of halogens is 1. The molecule has 5 atom stereocenters. The molecule has 1 aromatic carbocycles. The van der Waals surface area contributed by atoms with Gasteiger partial charge >= 0.3 is 11.7 Å². The number of unbranched alkanes of at least 4 members (excludes halogenated alkanes) is 3. The van der Waals surface area contributed by atoms with Gasteiger partial charge in [0.15, 0.2) is 11.2 Å². The maximum Gasteiger partial charge on any atom is 0.338 e. The van der Waals surface area contributed by atoms with Crippen molar-refractivity contribution in [2.45, 2.75) is 109 Å². The molecule has 4 heterocycles. The second-order valence-electron chi connectivity index (χ2n) is 15.8. The number of nitrogens with zero attached hydrogens (tertiary/aromatic N) is 9. The monoisotopic (exact) mass is 900 g/mol. The lowest BCUT2D eigenvalue weighted by atomic mass is 10.0. The van der Waals surface area contributed by atoms with Gasteiger partial charge in [-0.15, -0.1) is 11.0 Å². The number of nitrogens with two attached hydrogens (primary N) is 1. The third-order valence-corrected chi connectivity index (χ3v) is 11.2. The van der Waals surface area contributed by atoms with Crippen LogP contribution in [0.3, 0.4) is 0 Å². The number of aryl methyl sites for hydroxylation is 1. The number of aliphatic hydroxyl groups is 5. The number of hydrogen-bond acceptors (Lipinski definition) is 16. The van der Waals surface area contributed by atoms with E-state index in [1.54, 1.807) is 41.5 Å². The van der Waals surface area contributed by atoms with Crippen molar-refractivity contribution in [2.75, 3.05) is 57.5 Å². The maximum absolute atomic E-state index is 14.2. The van der Waals surface area contributed by atoms with Crippen LogP contribution in [-0.2, 0) is 42.7 Å². The van der Waals surface area contributed by atoms with Gasteiger partial charge in [0, 0.05) is 50.5 Å². The van der Waals surface area contributed by atoms with Gasteiger partial charge in [-0.3, -0.25) is 23.4 Å². The van der Waals surface area contributed by atoms with Crippen LogP contribution in [0, 0.1) is 11.8 Å². The lowest BCUT2D eigenvalue weighted by Gasteiger charge is -2.31. The number of aromatic nitrogens is 7. The zero-order valence-corrected chi connectivity index (χ0v) is 36.9. The van der Waals surface area contributed by atoms with Gasteiger partial charge in [0.1, 0.15) is 24.9 Å². The molecule has 0 unspecified atom stereocenters. The van der Waals surface area contributed by atoms with Crippen LogP contribution in [0.2, 0.25) is 5.02 Å². The molecule has 1 saturated heterocycles. The van der Waals surface area contributed by atoms with E-state index < -0.39 is 48.2 Å². The van der Waals surface area contributed by atoms with Crippen molar-refractivity contribution in [3.8, 4) is 11.8 Å². The average molecular weight is 901 g/mol. The number of piperidine rings is 1. The highest BCUT2D eigenvalue weighted by atomic mass is 35.5. The summed E-state index contributed by atoms with van der Waals surface area (Å²) in [5, 5.41) is 58.5. The van der Waals surface area contributed by atoms with Gasteiger partial charge in [0.2, 0.25) is 5.95 Å². The third kappa shape index (κ3) is 13.0. The molecule has 3 aromatic heterocycles. The van der Waals surface area contributed by atoms with Crippen molar-refractivity contribution in [1.82, 2.24) is 38.6 Å². The van der Waals surface area contributed by atoms with E-state index >= 15 is 0 Å². The summed E-state index contributed by atoms with van der Waals surface area (Å²) in [7, 11) is 1.54. The predicted octanol–water partition coefficient (Wildman–Crippen LogP) is -0.167. The number of hydrogen-bond donors (Lipinski definition) is 6. The molecule has 0 amide bonds. The van der Waals surface area contributed by atoms with Crippen LogP contribution in [-0.4, -0.2) is 153 Å². The largest absolute Gasteiger partial charge is 0.460 e. The van der Waals surface area contributed by atoms with Crippen LogP contribution >= 0.6 is 11.6 Å². The zero-order chi connectivity index (χ0) is 45.6. The molecular weight excluding hydrogens is 840 g/mol. The maximum atomic E-state index is 14.2. The summed E-state index contributed by atoms with van der Waals surface area (Å²) in [5.74, 6) is 5.69. The van der Waals surface area contributed by atoms with E-state index in [1.807, 2.05) is 9.80 Å². The number of fused-ring (bicyclic) bond motifs is 1. The number of anilines is 1. The highest BCUT2D eigenvalue weighted by Gasteiger charge is 2.31. The van der Waals surface area contributed by atoms with E-state index in [-0.39, 0.29) is 67.2 Å². The molecule has 5 rings (SSSR count). The Labute approximate surface area is 370 Å². The summed E-state index contributed by atoms with van der Waals surface area (Å²) in [6.45, 7) is 5.55. The molecule has 1 fully saturated rings. The number of carbonyl (C=O) groups is 1. The molecule has 346 valence electrons. The Morgan fingerprint density at radius 3 is 2.59 bits per heavy atom. The van der Waals surface area contributed by atoms with Crippen molar-refractivity contribution < 1.29 is 39.8 Å². The molecule has 63 heavy (non-hydrogen) atoms. The first-order valence-corrected chi connectivity index (χ1v) is 21.7. The van der Waals surface area contributed by atoms with E-state index in [2.05, 4.69) is 29.1 Å². The highest BCUT2D eigenvalue weighted by molar-refractivity contribution is 6.31. The van der Waals surface area contributed by atoms with E-state index in [0.717, 1.165) is 43.1 Å². The van der Waals surface area contributed by atoms with Crippen LogP contribution in [0.15, 0.2) is 34.0 Å². The molecule has 1 aliphatic heterocycles. The van der Waals surface area contributed by atoms with E-state index in [0.29, 0.717) is 49.9 Å². The van der Waals surface area contributed by atoms with Gasteiger partial charge in [-0.25, -0.2) is 14.3 Å². The molecule has 20 nitrogen and oxygen atoms in total. The zero-order valence-electron chi connectivity index (χ0n) is 36.2. The molecule has 0 saturated carbocycles. The van der Waals surface area contributed by atoms with Gasteiger partial charge in [-0.2, -0.15) is 4.98 Å². The minimum absolute atomic E-state index is 0.0158. The van der Waals surface area contributed by atoms with E-state index in [9.17, 15) is 34.8 Å². The summed E-state index contributed by atoms with van der Waals surface area (Å²) in [5.41, 5.74) is 6.52. The highest BCUT2D eigenvalue weighted by Crippen LogP contribution is 2.24.